The minimum absolute atomic E-state index is 0.0774. The molecule has 0 N–H and O–H groups in total. The number of oxazole rings is 1. The van der Waals surface area contributed by atoms with E-state index in [-0.39, 0.29) is 11.3 Å². The topological polar surface area (TPSA) is 101 Å². The molecule has 0 saturated carbocycles. The first-order chi connectivity index (χ1) is 16.2. The molecule has 10 heteroatoms. The average Bonchev–Trinajstić information content (AvgIpc) is 3.46. The average molecular weight is 481 g/mol. The molecule has 4 heterocycles. The maximum atomic E-state index is 13.1. The van der Waals surface area contributed by atoms with E-state index < -0.39 is 0 Å². The van der Waals surface area contributed by atoms with Gasteiger partial charge in [0.25, 0.3) is 11.9 Å². The lowest BCUT2D eigenvalue weighted by Crippen LogP contribution is -2.48. The summed E-state index contributed by atoms with van der Waals surface area (Å²) in [5, 5.41) is 4.45. The first-order valence-corrected chi connectivity index (χ1v) is 11.5. The van der Waals surface area contributed by atoms with E-state index in [1.165, 1.54) is 0 Å². The van der Waals surface area contributed by atoms with Crippen LogP contribution >= 0.6 is 11.6 Å². The molecule has 1 amide bonds. The van der Waals surface area contributed by atoms with Crippen molar-refractivity contribution in [1.29, 1.82) is 0 Å². The zero-order valence-corrected chi connectivity index (χ0v) is 20.3. The normalized spacial score (nSPS) is 14.7. The minimum Gasteiger partial charge on any atom is -0.422 e. The van der Waals surface area contributed by atoms with Crippen molar-refractivity contribution in [2.45, 2.75) is 33.1 Å². The molecule has 1 saturated heterocycles. The van der Waals surface area contributed by atoms with Crippen LogP contribution in [0.3, 0.4) is 0 Å². The molecule has 1 aliphatic rings. The van der Waals surface area contributed by atoms with Gasteiger partial charge in [0.05, 0.1) is 5.02 Å². The molecule has 34 heavy (non-hydrogen) atoms. The first kappa shape index (κ1) is 22.3. The van der Waals surface area contributed by atoms with Crippen molar-refractivity contribution in [3.05, 3.63) is 52.5 Å². The molecular weight excluding hydrogens is 456 g/mol. The summed E-state index contributed by atoms with van der Waals surface area (Å²) >= 11 is 6.50. The highest BCUT2D eigenvalue weighted by Crippen LogP contribution is 2.30. The van der Waals surface area contributed by atoms with Crippen molar-refractivity contribution in [3.63, 3.8) is 0 Å². The van der Waals surface area contributed by atoms with E-state index in [0.29, 0.717) is 71.3 Å². The third-order valence-electron chi connectivity index (χ3n) is 5.74. The number of aromatic nitrogens is 4. The number of carbonyl (C=O) groups is 1. The predicted octanol–water partition coefficient (Wildman–Crippen LogP) is 4.49. The lowest BCUT2D eigenvalue weighted by molar-refractivity contribution is 0.0745. The number of piperazine rings is 1. The maximum Gasteiger partial charge on any atom is 0.300 e. The van der Waals surface area contributed by atoms with E-state index in [0.717, 1.165) is 5.69 Å². The van der Waals surface area contributed by atoms with Gasteiger partial charge in [0.15, 0.2) is 5.58 Å². The van der Waals surface area contributed by atoms with Crippen LogP contribution in [0.25, 0.3) is 22.6 Å². The van der Waals surface area contributed by atoms with Gasteiger partial charge < -0.3 is 18.7 Å². The highest BCUT2D eigenvalue weighted by molar-refractivity contribution is 6.33. The molecule has 3 aromatic heterocycles. The van der Waals surface area contributed by atoms with Gasteiger partial charge in [0.2, 0.25) is 17.4 Å². The van der Waals surface area contributed by atoms with E-state index in [9.17, 15) is 4.79 Å². The van der Waals surface area contributed by atoms with Gasteiger partial charge >= 0.3 is 0 Å². The lowest BCUT2D eigenvalue weighted by atomic mass is 9.97. The Morgan fingerprint density at radius 2 is 1.79 bits per heavy atom. The van der Waals surface area contributed by atoms with Gasteiger partial charge in [0, 0.05) is 48.4 Å². The minimum atomic E-state index is -0.261. The number of amides is 1. The molecule has 0 aliphatic carbocycles. The summed E-state index contributed by atoms with van der Waals surface area (Å²) in [6, 6.07) is 9.47. The molecule has 9 nitrogen and oxygen atoms in total. The van der Waals surface area contributed by atoms with Crippen molar-refractivity contribution >= 4 is 34.8 Å². The molecule has 1 aliphatic heterocycles. The van der Waals surface area contributed by atoms with Crippen molar-refractivity contribution < 1.29 is 13.7 Å². The fraction of sp³-hybridized carbons (Fsp3) is 0.375. The summed E-state index contributed by atoms with van der Waals surface area (Å²) in [5.41, 5.74) is 3.03. The number of anilines is 1. The van der Waals surface area contributed by atoms with Crippen LogP contribution in [0.4, 0.5) is 6.01 Å². The number of halogens is 1. The quantitative estimate of drug-likeness (QED) is 0.422. The van der Waals surface area contributed by atoms with Crippen molar-refractivity contribution in [2.75, 3.05) is 31.1 Å². The van der Waals surface area contributed by atoms with Gasteiger partial charge in [-0.2, -0.15) is 9.97 Å². The molecule has 1 fully saturated rings. The summed E-state index contributed by atoms with van der Waals surface area (Å²) in [6.45, 7) is 10.2. The van der Waals surface area contributed by atoms with E-state index in [4.69, 9.17) is 20.5 Å². The molecule has 0 atom stereocenters. The number of rotatable bonds is 3. The van der Waals surface area contributed by atoms with Crippen molar-refractivity contribution in [3.8, 4) is 11.4 Å². The van der Waals surface area contributed by atoms with E-state index in [2.05, 4.69) is 20.1 Å². The number of carbonyl (C=O) groups excluding carboxylic acids is 1. The van der Waals surface area contributed by atoms with Gasteiger partial charge in [-0.15, -0.1) is 0 Å². The van der Waals surface area contributed by atoms with Crippen LogP contribution in [-0.2, 0) is 5.41 Å². The summed E-state index contributed by atoms with van der Waals surface area (Å²) in [6.07, 6.45) is 0. The molecule has 4 aromatic rings. The van der Waals surface area contributed by atoms with Crippen LogP contribution in [0.5, 0.6) is 0 Å². The van der Waals surface area contributed by atoms with Crippen molar-refractivity contribution in [1.82, 2.24) is 25.0 Å². The maximum absolute atomic E-state index is 13.1. The number of hydrogen-bond acceptors (Lipinski definition) is 8. The van der Waals surface area contributed by atoms with Crippen LogP contribution in [0.2, 0.25) is 5.02 Å². The van der Waals surface area contributed by atoms with E-state index in [1.54, 1.807) is 23.1 Å². The Hall–Kier alpha value is -3.46. The smallest absolute Gasteiger partial charge is 0.300 e. The number of pyridine rings is 1. The third kappa shape index (κ3) is 4.23. The van der Waals surface area contributed by atoms with Gasteiger partial charge in [-0.25, -0.2) is 4.98 Å². The molecule has 176 valence electrons. The molecular formula is C24H25ClN6O3. The van der Waals surface area contributed by atoms with Crippen molar-refractivity contribution in [2.24, 2.45) is 0 Å². The second kappa shape index (κ2) is 8.39. The Morgan fingerprint density at radius 3 is 2.47 bits per heavy atom. The van der Waals surface area contributed by atoms with Gasteiger partial charge in [0.1, 0.15) is 0 Å². The van der Waals surface area contributed by atoms with Gasteiger partial charge in [-0.1, -0.05) is 37.5 Å². The second-order valence-electron chi connectivity index (χ2n) is 9.42. The summed E-state index contributed by atoms with van der Waals surface area (Å²) in [5.74, 6) is 0.860. The standard InChI is InChI=1S/C24H25ClN6O3/c1-14-5-8-18-20(26-14)28-23(33-18)31-11-9-30(10-12-31)21(32)15-6-7-16(17(25)13-15)19-27-22(34-29-19)24(2,3)4/h5-8,13H,9-12H2,1-4H3. The lowest BCUT2D eigenvalue weighted by Gasteiger charge is -2.33. The molecule has 5 rings (SSSR count). The number of nitrogens with zero attached hydrogens (tertiary/aromatic N) is 6. The zero-order chi connectivity index (χ0) is 24.0. The zero-order valence-electron chi connectivity index (χ0n) is 19.5. The molecule has 1 aromatic carbocycles. The second-order valence-corrected chi connectivity index (χ2v) is 9.83. The third-order valence-corrected chi connectivity index (χ3v) is 6.06. The Morgan fingerprint density at radius 1 is 1.03 bits per heavy atom. The Labute approximate surface area is 201 Å². The highest BCUT2D eigenvalue weighted by Gasteiger charge is 2.26. The Kier molecular flexibility index (Phi) is 5.51. The van der Waals surface area contributed by atoms with Crippen LogP contribution < -0.4 is 4.90 Å². The molecule has 0 radical (unpaired) electrons. The Balaban J connectivity index is 1.27. The number of fused-ring (bicyclic) bond motifs is 1. The Bertz CT molecular complexity index is 1360. The van der Waals surface area contributed by atoms with Crippen LogP contribution in [0.1, 0.15) is 42.7 Å². The summed E-state index contributed by atoms with van der Waals surface area (Å²) < 4.78 is 11.2. The largest absolute Gasteiger partial charge is 0.422 e. The fourth-order valence-corrected chi connectivity index (χ4v) is 4.05. The molecule has 0 bridgehead atoms. The number of aryl methyl sites for hydroxylation is 1. The SMILES string of the molecule is Cc1ccc2oc(N3CCN(C(=O)c4ccc(-c5noc(C(C)(C)C)n5)c(Cl)c4)CC3)nc2n1. The highest BCUT2D eigenvalue weighted by atomic mass is 35.5. The van der Waals surface area contributed by atoms with E-state index >= 15 is 0 Å². The van der Waals surface area contributed by atoms with Gasteiger partial charge in [-0.3, -0.25) is 4.79 Å². The molecule has 0 spiro atoms. The monoisotopic (exact) mass is 480 g/mol. The number of hydrogen-bond donors (Lipinski definition) is 0. The van der Waals surface area contributed by atoms with E-state index in [1.807, 2.05) is 44.7 Å². The van der Waals surface area contributed by atoms with Gasteiger partial charge in [-0.05, 0) is 37.3 Å². The first-order valence-electron chi connectivity index (χ1n) is 11.1. The summed E-state index contributed by atoms with van der Waals surface area (Å²) in [7, 11) is 0. The van der Waals surface area contributed by atoms with Crippen LogP contribution in [0, 0.1) is 6.92 Å². The fourth-order valence-electron chi connectivity index (χ4n) is 3.79. The number of benzene rings is 1. The molecule has 0 unspecified atom stereocenters. The van der Waals surface area contributed by atoms with Crippen LogP contribution in [-0.4, -0.2) is 57.1 Å². The predicted molar refractivity (Wildman–Crippen MR) is 128 cm³/mol. The van der Waals surface area contributed by atoms with Crippen LogP contribution in [0.15, 0.2) is 39.3 Å². The summed E-state index contributed by atoms with van der Waals surface area (Å²) in [4.78, 5) is 30.3.